The van der Waals surface area contributed by atoms with Crippen LogP contribution >= 0.6 is 0 Å². The Labute approximate surface area is 164 Å². The van der Waals surface area contributed by atoms with Crippen molar-refractivity contribution in [3.63, 3.8) is 0 Å². The number of anilines is 4. The number of aryl methyl sites for hydroxylation is 4. The van der Waals surface area contributed by atoms with Crippen LogP contribution in [0.4, 0.5) is 23.1 Å². The van der Waals surface area contributed by atoms with Gasteiger partial charge >= 0.3 is 0 Å². The molecule has 28 heavy (non-hydrogen) atoms. The number of nitrogens with zero attached hydrogens (tertiary/aromatic N) is 4. The van der Waals surface area contributed by atoms with Crippen molar-refractivity contribution >= 4 is 34.3 Å². The van der Waals surface area contributed by atoms with Gasteiger partial charge in [0.15, 0.2) is 17.0 Å². The van der Waals surface area contributed by atoms with E-state index < -0.39 is 0 Å². The van der Waals surface area contributed by atoms with E-state index >= 15 is 0 Å². The molecule has 6 nitrogen and oxygen atoms in total. The van der Waals surface area contributed by atoms with E-state index in [1.54, 1.807) is 12.4 Å². The highest BCUT2D eigenvalue weighted by Gasteiger charge is 2.12. The molecule has 0 unspecified atom stereocenters. The summed E-state index contributed by atoms with van der Waals surface area (Å²) >= 11 is 0. The monoisotopic (exact) mass is 370 g/mol. The Bertz CT molecular complexity index is 1170. The summed E-state index contributed by atoms with van der Waals surface area (Å²) in [7, 11) is 0. The Morgan fingerprint density at radius 1 is 0.714 bits per heavy atom. The molecule has 0 aliphatic carbocycles. The fourth-order valence-electron chi connectivity index (χ4n) is 3.04. The lowest BCUT2D eigenvalue weighted by atomic mass is 10.1. The number of hydrogen-bond acceptors (Lipinski definition) is 6. The maximum absolute atomic E-state index is 4.67. The van der Waals surface area contributed by atoms with Gasteiger partial charge < -0.3 is 10.6 Å². The van der Waals surface area contributed by atoms with Crippen molar-refractivity contribution in [3.8, 4) is 0 Å². The molecule has 0 saturated heterocycles. The molecule has 6 heteroatoms. The van der Waals surface area contributed by atoms with Crippen LogP contribution in [0.2, 0.25) is 0 Å². The highest BCUT2D eigenvalue weighted by molar-refractivity contribution is 5.86. The molecular weight excluding hydrogens is 348 g/mol. The molecule has 2 aromatic carbocycles. The predicted molar refractivity (Wildman–Crippen MR) is 114 cm³/mol. The van der Waals surface area contributed by atoms with Crippen molar-refractivity contribution in [2.75, 3.05) is 10.6 Å². The van der Waals surface area contributed by atoms with Gasteiger partial charge in [-0.1, -0.05) is 23.8 Å². The van der Waals surface area contributed by atoms with Crippen LogP contribution in [0.3, 0.4) is 0 Å². The third-order valence-corrected chi connectivity index (χ3v) is 4.73. The predicted octanol–water partition coefficient (Wildman–Crippen LogP) is 5.14. The van der Waals surface area contributed by atoms with E-state index in [1.807, 2.05) is 12.1 Å². The summed E-state index contributed by atoms with van der Waals surface area (Å²) in [4.78, 5) is 18.0. The smallest absolute Gasteiger partial charge is 0.231 e. The second-order valence-corrected chi connectivity index (χ2v) is 6.99. The van der Waals surface area contributed by atoms with Crippen LogP contribution in [0.25, 0.3) is 11.2 Å². The van der Waals surface area contributed by atoms with Crippen molar-refractivity contribution in [2.24, 2.45) is 0 Å². The zero-order valence-electron chi connectivity index (χ0n) is 16.4. The lowest BCUT2D eigenvalue weighted by Gasteiger charge is -2.13. The van der Waals surface area contributed by atoms with Gasteiger partial charge in [0.25, 0.3) is 0 Å². The molecule has 0 radical (unpaired) electrons. The Balaban J connectivity index is 1.75. The van der Waals surface area contributed by atoms with Crippen molar-refractivity contribution in [3.05, 3.63) is 71.0 Å². The Morgan fingerprint density at radius 2 is 1.54 bits per heavy atom. The third kappa shape index (κ3) is 3.62. The molecule has 0 amide bonds. The molecular formula is C22H22N6. The van der Waals surface area contributed by atoms with Crippen LogP contribution in [0, 0.1) is 27.7 Å². The molecule has 0 aliphatic heterocycles. The second kappa shape index (κ2) is 7.23. The van der Waals surface area contributed by atoms with Crippen LogP contribution in [-0.2, 0) is 0 Å². The first-order chi connectivity index (χ1) is 13.5. The van der Waals surface area contributed by atoms with Crippen molar-refractivity contribution in [2.45, 2.75) is 27.7 Å². The molecule has 0 bridgehead atoms. The molecule has 2 N–H and O–H groups in total. The first kappa shape index (κ1) is 17.9. The van der Waals surface area contributed by atoms with E-state index in [2.05, 4.69) is 82.5 Å². The van der Waals surface area contributed by atoms with Gasteiger partial charge in [-0.15, -0.1) is 0 Å². The van der Waals surface area contributed by atoms with Crippen LogP contribution in [-0.4, -0.2) is 19.9 Å². The lowest BCUT2D eigenvalue weighted by molar-refractivity contribution is 1.14. The minimum Gasteiger partial charge on any atom is -0.338 e. The molecule has 2 heterocycles. The fraction of sp³-hybridized carbons (Fsp3) is 0.182. The van der Waals surface area contributed by atoms with E-state index in [0.717, 1.165) is 16.9 Å². The lowest BCUT2D eigenvalue weighted by Crippen LogP contribution is -2.05. The van der Waals surface area contributed by atoms with Crippen LogP contribution in [0.15, 0.2) is 48.8 Å². The number of nitrogens with one attached hydrogen (secondary N) is 2. The maximum Gasteiger partial charge on any atom is 0.231 e. The number of hydrogen-bond donors (Lipinski definition) is 2. The van der Waals surface area contributed by atoms with Gasteiger partial charge in [-0.05, 0) is 62.6 Å². The van der Waals surface area contributed by atoms with Gasteiger partial charge in [0.05, 0.1) is 0 Å². The molecule has 140 valence electrons. The zero-order valence-corrected chi connectivity index (χ0v) is 16.4. The summed E-state index contributed by atoms with van der Waals surface area (Å²) in [5.41, 5.74) is 7.89. The number of rotatable bonds is 4. The largest absolute Gasteiger partial charge is 0.338 e. The minimum atomic E-state index is 0.475. The Hall–Kier alpha value is -3.54. The van der Waals surface area contributed by atoms with Gasteiger partial charge in [0.2, 0.25) is 5.95 Å². The number of fused-ring (bicyclic) bond motifs is 1. The molecule has 0 saturated carbocycles. The fourth-order valence-corrected chi connectivity index (χ4v) is 3.04. The topological polar surface area (TPSA) is 75.6 Å². The Morgan fingerprint density at radius 3 is 2.32 bits per heavy atom. The maximum atomic E-state index is 4.67. The summed E-state index contributed by atoms with van der Waals surface area (Å²) in [6, 6.07) is 12.4. The summed E-state index contributed by atoms with van der Waals surface area (Å²) in [6.45, 7) is 8.32. The van der Waals surface area contributed by atoms with Crippen LogP contribution in [0.1, 0.15) is 22.3 Å². The average Bonchev–Trinajstić information content (AvgIpc) is 2.67. The van der Waals surface area contributed by atoms with Gasteiger partial charge in [-0.25, -0.2) is 9.97 Å². The minimum absolute atomic E-state index is 0.475. The number of benzene rings is 2. The highest BCUT2D eigenvalue weighted by atomic mass is 15.2. The summed E-state index contributed by atoms with van der Waals surface area (Å²) < 4.78 is 0. The average molecular weight is 370 g/mol. The van der Waals surface area contributed by atoms with Crippen LogP contribution < -0.4 is 10.6 Å². The van der Waals surface area contributed by atoms with Crippen molar-refractivity contribution in [1.82, 2.24) is 19.9 Å². The van der Waals surface area contributed by atoms with E-state index in [4.69, 9.17) is 0 Å². The normalized spacial score (nSPS) is 10.9. The molecule has 4 rings (SSSR count). The van der Waals surface area contributed by atoms with Crippen LogP contribution in [0.5, 0.6) is 0 Å². The standard InChI is InChI=1S/C22H22N6/c1-13-5-8-18(16(4)11-13)26-21-19-20(24-10-9-23-19)27-22(28-21)25-17-7-6-14(2)15(3)12-17/h5-12H,1-4H3,(H2,24,25,26,27,28). The second-order valence-electron chi connectivity index (χ2n) is 6.99. The quantitative estimate of drug-likeness (QED) is 0.518. The van der Waals surface area contributed by atoms with Gasteiger partial charge in [0, 0.05) is 23.8 Å². The SMILES string of the molecule is Cc1ccc(Nc2nc(Nc3ccc(C)c(C)c3)nc3nccnc23)c(C)c1. The van der Waals surface area contributed by atoms with E-state index in [-0.39, 0.29) is 0 Å². The first-order valence-electron chi connectivity index (χ1n) is 9.17. The molecule has 0 spiro atoms. The molecule has 0 aliphatic rings. The summed E-state index contributed by atoms with van der Waals surface area (Å²) in [5, 5.41) is 6.68. The molecule has 4 aromatic rings. The summed E-state index contributed by atoms with van der Waals surface area (Å²) in [6.07, 6.45) is 3.28. The first-order valence-corrected chi connectivity index (χ1v) is 9.17. The third-order valence-electron chi connectivity index (χ3n) is 4.73. The summed E-state index contributed by atoms with van der Waals surface area (Å²) in [5.74, 6) is 1.10. The van der Waals surface area contributed by atoms with Gasteiger partial charge in [0.1, 0.15) is 0 Å². The van der Waals surface area contributed by atoms with Gasteiger partial charge in [-0.2, -0.15) is 9.97 Å². The van der Waals surface area contributed by atoms with Crippen molar-refractivity contribution < 1.29 is 0 Å². The molecule has 2 aromatic heterocycles. The van der Waals surface area contributed by atoms with E-state index in [0.29, 0.717) is 22.9 Å². The molecule has 0 fully saturated rings. The van der Waals surface area contributed by atoms with E-state index in [9.17, 15) is 0 Å². The number of aromatic nitrogens is 4. The zero-order chi connectivity index (χ0) is 19.7. The van der Waals surface area contributed by atoms with Gasteiger partial charge in [-0.3, -0.25) is 0 Å². The molecule has 0 atom stereocenters. The highest BCUT2D eigenvalue weighted by Crippen LogP contribution is 2.26. The Kier molecular flexibility index (Phi) is 4.61. The van der Waals surface area contributed by atoms with E-state index in [1.165, 1.54) is 16.7 Å². The van der Waals surface area contributed by atoms with Crippen molar-refractivity contribution in [1.29, 1.82) is 0 Å².